The normalized spacial score (nSPS) is 10.9. The van der Waals surface area contributed by atoms with Crippen molar-refractivity contribution in [2.45, 2.75) is 6.92 Å². The van der Waals surface area contributed by atoms with Gasteiger partial charge in [-0.05, 0) is 47.5 Å². The summed E-state index contributed by atoms with van der Waals surface area (Å²) in [5, 5.41) is 5.56. The zero-order valence-corrected chi connectivity index (χ0v) is 12.3. The van der Waals surface area contributed by atoms with Crippen molar-refractivity contribution in [2.24, 2.45) is 0 Å². The van der Waals surface area contributed by atoms with Gasteiger partial charge in [0.25, 0.3) is 0 Å². The van der Waals surface area contributed by atoms with Crippen molar-refractivity contribution in [1.82, 2.24) is 4.98 Å². The lowest BCUT2D eigenvalue weighted by Gasteiger charge is -2.03. The van der Waals surface area contributed by atoms with E-state index < -0.39 is 0 Å². The maximum absolute atomic E-state index is 12.1. The van der Waals surface area contributed by atoms with Crippen molar-refractivity contribution in [3.8, 4) is 11.1 Å². The van der Waals surface area contributed by atoms with Crippen LogP contribution in [0.3, 0.4) is 0 Å². The number of carbonyl (C=O) groups excluding carboxylic acids is 1. The van der Waals surface area contributed by atoms with Gasteiger partial charge in [-0.3, -0.25) is 0 Å². The first-order valence-corrected chi connectivity index (χ1v) is 7.53. The van der Waals surface area contributed by atoms with Gasteiger partial charge in [0.15, 0.2) is 0 Å². The highest BCUT2D eigenvalue weighted by molar-refractivity contribution is 7.08. The van der Waals surface area contributed by atoms with Crippen molar-refractivity contribution in [3.63, 3.8) is 0 Å². The summed E-state index contributed by atoms with van der Waals surface area (Å²) in [5.41, 5.74) is 3.19. The molecule has 0 unspecified atom stereocenters. The molecule has 1 aromatic carbocycles. The number of halogens is 1. The Balaban J connectivity index is 2.28. The van der Waals surface area contributed by atoms with E-state index in [1.165, 1.54) is 0 Å². The summed E-state index contributed by atoms with van der Waals surface area (Å²) in [7, 11) is 0. The molecule has 0 aliphatic heterocycles. The molecule has 2 heterocycles. The van der Waals surface area contributed by atoms with Crippen molar-refractivity contribution in [1.29, 1.82) is 0 Å². The molecule has 1 N–H and O–H groups in total. The predicted molar refractivity (Wildman–Crippen MR) is 82.6 cm³/mol. The molecule has 0 saturated carbocycles. The van der Waals surface area contributed by atoms with Crippen molar-refractivity contribution < 1.29 is 9.53 Å². The monoisotopic (exact) mass is 305 g/mol. The van der Waals surface area contributed by atoms with Crippen LogP contribution in [0.2, 0.25) is 5.02 Å². The van der Waals surface area contributed by atoms with E-state index in [0.29, 0.717) is 17.3 Å². The Morgan fingerprint density at radius 3 is 2.95 bits per heavy atom. The quantitative estimate of drug-likeness (QED) is 0.711. The first-order valence-electron chi connectivity index (χ1n) is 6.21. The summed E-state index contributed by atoms with van der Waals surface area (Å²) in [4.78, 5) is 15.3. The first kappa shape index (κ1) is 13.2. The van der Waals surface area contributed by atoms with E-state index in [1.54, 1.807) is 24.3 Å². The lowest BCUT2D eigenvalue weighted by Crippen LogP contribution is -2.06. The van der Waals surface area contributed by atoms with Crippen LogP contribution in [0.5, 0.6) is 0 Å². The number of hydrogen-bond acceptors (Lipinski definition) is 3. The summed E-state index contributed by atoms with van der Waals surface area (Å²) in [6.07, 6.45) is 0. The fourth-order valence-electron chi connectivity index (χ4n) is 2.23. The molecule has 0 amide bonds. The van der Waals surface area contributed by atoms with Gasteiger partial charge in [-0.25, -0.2) is 4.79 Å². The second-order valence-electron chi connectivity index (χ2n) is 4.30. The number of rotatable bonds is 3. The van der Waals surface area contributed by atoms with Crippen LogP contribution >= 0.6 is 22.9 Å². The van der Waals surface area contributed by atoms with Crippen LogP contribution < -0.4 is 0 Å². The van der Waals surface area contributed by atoms with Crippen LogP contribution in [0, 0.1) is 0 Å². The van der Waals surface area contributed by atoms with E-state index >= 15 is 0 Å². The summed E-state index contributed by atoms with van der Waals surface area (Å²) >= 11 is 7.66. The van der Waals surface area contributed by atoms with Crippen molar-refractivity contribution >= 4 is 39.8 Å². The molecular weight excluding hydrogens is 294 g/mol. The van der Waals surface area contributed by atoms with Crippen LogP contribution in [0.1, 0.15) is 17.4 Å². The zero-order chi connectivity index (χ0) is 14.1. The molecule has 0 spiro atoms. The molecule has 20 heavy (non-hydrogen) atoms. The lowest BCUT2D eigenvalue weighted by atomic mass is 10.0. The van der Waals surface area contributed by atoms with Crippen LogP contribution in [0.25, 0.3) is 22.0 Å². The molecule has 0 saturated heterocycles. The number of nitrogens with one attached hydrogen (secondary N) is 1. The largest absolute Gasteiger partial charge is 0.461 e. The van der Waals surface area contributed by atoms with Crippen molar-refractivity contribution in [3.05, 3.63) is 45.7 Å². The number of benzene rings is 1. The van der Waals surface area contributed by atoms with Gasteiger partial charge < -0.3 is 9.72 Å². The maximum atomic E-state index is 12.1. The molecular formula is C15H12ClNO2S. The van der Waals surface area contributed by atoms with E-state index in [2.05, 4.69) is 4.98 Å². The molecule has 3 rings (SSSR count). The predicted octanol–water partition coefficient (Wildman–Crippen LogP) is 4.73. The molecule has 0 fully saturated rings. The smallest absolute Gasteiger partial charge is 0.355 e. The van der Waals surface area contributed by atoms with Crippen molar-refractivity contribution in [2.75, 3.05) is 6.61 Å². The SMILES string of the molecule is CCOC(=O)c1[nH]c2ccc(Cl)cc2c1-c1ccsc1. The number of H-pyrrole nitrogens is 1. The molecule has 0 atom stereocenters. The van der Waals surface area contributed by atoms with E-state index in [-0.39, 0.29) is 5.97 Å². The molecule has 3 aromatic rings. The molecule has 3 nitrogen and oxygen atoms in total. The fourth-order valence-corrected chi connectivity index (χ4v) is 3.05. The second-order valence-corrected chi connectivity index (χ2v) is 5.51. The number of ether oxygens (including phenoxy) is 1. The van der Waals surface area contributed by atoms with Gasteiger partial charge in [0, 0.05) is 21.5 Å². The van der Waals surface area contributed by atoms with Gasteiger partial charge in [-0.15, -0.1) is 0 Å². The summed E-state index contributed by atoms with van der Waals surface area (Å²) in [6, 6.07) is 7.52. The first-order chi connectivity index (χ1) is 9.70. The summed E-state index contributed by atoms with van der Waals surface area (Å²) in [5.74, 6) is -0.346. The number of aromatic amines is 1. The number of esters is 1. The van der Waals surface area contributed by atoms with Gasteiger partial charge in [0.05, 0.1) is 6.61 Å². The number of thiophene rings is 1. The third kappa shape index (κ3) is 2.21. The molecule has 0 aliphatic carbocycles. The zero-order valence-electron chi connectivity index (χ0n) is 10.8. The molecule has 2 aromatic heterocycles. The highest BCUT2D eigenvalue weighted by Gasteiger charge is 2.20. The average Bonchev–Trinajstić information content (AvgIpc) is 3.04. The molecule has 0 bridgehead atoms. The third-order valence-corrected chi connectivity index (χ3v) is 3.97. The molecule has 102 valence electrons. The Labute approximate surface area is 125 Å². The van der Waals surface area contributed by atoms with E-state index in [0.717, 1.165) is 22.0 Å². The maximum Gasteiger partial charge on any atom is 0.355 e. The Bertz CT molecular complexity index is 762. The van der Waals surface area contributed by atoms with E-state index in [1.807, 2.05) is 29.0 Å². The van der Waals surface area contributed by atoms with E-state index in [4.69, 9.17) is 16.3 Å². The van der Waals surface area contributed by atoms with Crippen LogP contribution in [-0.4, -0.2) is 17.6 Å². The Morgan fingerprint density at radius 2 is 2.25 bits per heavy atom. The average molecular weight is 306 g/mol. The standard InChI is InChI=1S/C15H12ClNO2S/c1-2-19-15(18)14-13(9-5-6-20-8-9)11-7-10(16)3-4-12(11)17-14/h3-8,17H,2H2,1H3. The summed E-state index contributed by atoms with van der Waals surface area (Å²) < 4.78 is 5.13. The molecule has 0 aliphatic rings. The number of aromatic nitrogens is 1. The Kier molecular flexibility index (Phi) is 3.51. The van der Waals surface area contributed by atoms with Crippen LogP contribution in [0.15, 0.2) is 35.0 Å². The highest BCUT2D eigenvalue weighted by Crippen LogP contribution is 2.35. The van der Waals surface area contributed by atoms with Gasteiger partial charge >= 0.3 is 5.97 Å². The van der Waals surface area contributed by atoms with Gasteiger partial charge in [-0.2, -0.15) is 11.3 Å². The van der Waals surface area contributed by atoms with E-state index in [9.17, 15) is 4.79 Å². The Hall–Kier alpha value is -1.78. The number of fused-ring (bicyclic) bond motifs is 1. The van der Waals surface area contributed by atoms with Crippen LogP contribution in [0.4, 0.5) is 0 Å². The number of carbonyl (C=O) groups is 1. The fraction of sp³-hybridized carbons (Fsp3) is 0.133. The lowest BCUT2D eigenvalue weighted by molar-refractivity contribution is 0.0521. The minimum absolute atomic E-state index is 0.345. The minimum Gasteiger partial charge on any atom is -0.461 e. The highest BCUT2D eigenvalue weighted by atomic mass is 35.5. The summed E-state index contributed by atoms with van der Waals surface area (Å²) in [6.45, 7) is 2.14. The van der Waals surface area contributed by atoms with Crippen LogP contribution in [-0.2, 0) is 4.74 Å². The third-order valence-electron chi connectivity index (χ3n) is 3.05. The molecule has 0 radical (unpaired) electrons. The Morgan fingerprint density at radius 1 is 1.40 bits per heavy atom. The second kappa shape index (κ2) is 5.31. The van der Waals surface area contributed by atoms with Gasteiger partial charge in [0.2, 0.25) is 0 Å². The minimum atomic E-state index is -0.346. The topological polar surface area (TPSA) is 42.1 Å². The van der Waals surface area contributed by atoms with Gasteiger partial charge in [-0.1, -0.05) is 11.6 Å². The number of hydrogen-bond donors (Lipinski definition) is 1. The van der Waals surface area contributed by atoms with Gasteiger partial charge in [0.1, 0.15) is 5.69 Å². The molecule has 5 heteroatoms.